The molecule has 1 N–H and O–H groups in total. The highest BCUT2D eigenvalue weighted by Gasteiger charge is 2.70. The van der Waals surface area contributed by atoms with E-state index in [1.807, 2.05) is 78.7 Å². The van der Waals surface area contributed by atoms with Gasteiger partial charge in [0.15, 0.2) is 11.6 Å². The quantitative estimate of drug-likeness (QED) is 0.233. The van der Waals surface area contributed by atoms with E-state index in [4.69, 9.17) is 16.3 Å². The van der Waals surface area contributed by atoms with Gasteiger partial charge in [0.2, 0.25) is 5.91 Å². The van der Waals surface area contributed by atoms with E-state index < -0.39 is 23.4 Å². The summed E-state index contributed by atoms with van der Waals surface area (Å²) >= 11 is 6.18. The van der Waals surface area contributed by atoms with E-state index in [9.17, 15) is 14.4 Å². The first-order valence-electron chi connectivity index (χ1n) is 14.5. The summed E-state index contributed by atoms with van der Waals surface area (Å²) in [5.41, 5.74) is 2.62. The number of rotatable bonds is 7. The Bertz CT molecular complexity index is 1800. The maximum atomic E-state index is 15.0. The zero-order valence-corrected chi connectivity index (χ0v) is 24.3. The van der Waals surface area contributed by atoms with E-state index in [1.165, 1.54) is 0 Å². The van der Waals surface area contributed by atoms with Crippen molar-refractivity contribution in [3.8, 4) is 5.75 Å². The van der Waals surface area contributed by atoms with E-state index in [1.54, 1.807) is 42.5 Å². The third kappa shape index (κ3) is 4.12. The number of carbonyl (C=O) groups is 3. The maximum Gasteiger partial charge on any atom is 0.238 e. The molecule has 1 saturated heterocycles. The Labute approximate surface area is 254 Å². The Morgan fingerprint density at radius 3 is 2.49 bits per heavy atom. The van der Waals surface area contributed by atoms with Crippen molar-refractivity contribution in [1.82, 2.24) is 4.90 Å². The number of carbonyl (C=O) groups excluding carboxylic acids is 3. The Morgan fingerprint density at radius 2 is 1.67 bits per heavy atom. The van der Waals surface area contributed by atoms with Gasteiger partial charge in [-0.15, -0.1) is 0 Å². The largest absolute Gasteiger partial charge is 0.494 e. The minimum absolute atomic E-state index is 0.253. The Balaban J connectivity index is 1.49. The van der Waals surface area contributed by atoms with Crippen LogP contribution in [-0.2, 0) is 10.2 Å². The van der Waals surface area contributed by atoms with Crippen LogP contribution in [0.5, 0.6) is 5.75 Å². The molecule has 0 radical (unpaired) electrons. The van der Waals surface area contributed by atoms with Crippen molar-refractivity contribution < 1.29 is 19.1 Å². The lowest BCUT2D eigenvalue weighted by molar-refractivity contribution is -0.122. The van der Waals surface area contributed by atoms with Crippen molar-refractivity contribution in [3.05, 3.63) is 136 Å². The minimum Gasteiger partial charge on any atom is -0.494 e. The highest BCUT2D eigenvalue weighted by molar-refractivity contribution is 6.30. The molecule has 0 bridgehead atoms. The molecule has 3 aliphatic rings. The zero-order chi connectivity index (χ0) is 29.7. The van der Waals surface area contributed by atoms with Gasteiger partial charge >= 0.3 is 0 Å². The number of ether oxygens (including phenoxy) is 1. The smallest absolute Gasteiger partial charge is 0.238 e. The molecule has 0 unspecified atom stereocenters. The molecule has 6 nitrogen and oxygen atoms in total. The van der Waals surface area contributed by atoms with Crippen molar-refractivity contribution in [2.75, 3.05) is 11.9 Å². The van der Waals surface area contributed by atoms with Gasteiger partial charge in [0.05, 0.1) is 18.6 Å². The Morgan fingerprint density at radius 1 is 0.907 bits per heavy atom. The van der Waals surface area contributed by atoms with Crippen molar-refractivity contribution in [2.45, 2.75) is 30.8 Å². The third-order valence-electron chi connectivity index (χ3n) is 8.84. The molecule has 0 saturated carbocycles. The van der Waals surface area contributed by atoms with Gasteiger partial charge in [-0.2, -0.15) is 0 Å². The molecular formula is C36H29ClN2O4. The highest BCUT2D eigenvalue weighted by atomic mass is 35.5. The number of fused-ring (bicyclic) bond motifs is 6. The molecule has 4 atom stereocenters. The van der Waals surface area contributed by atoms with Crippen LogP contribution in [-0.4, -0.2) is 35.0 Å². The second-order valence-electron chi connectivity index (χ2n) is 11.2. The average Bonchev–Trinajstić information content (AvgIpc) is 3.52. The molecule has 0 aromatic heterocycles. The second-order valence-corrected chi connectivity index (χ2v) is 11.6. The fourth-order valence-corrected chi connectivity index (χ4v) is 7.22. The molecule has 4 aromatic carbocycles. The van der Waals surface area contributed by atoms with Crippen LogP contribution in [0, 0.1) is 5.92 Å². The van der Waals surface area contributed by atoms with Crippen LogP contribution in [0.3, 0.4) is 0 Å². The summed E-state index contributed by atoms with van der Waals surface area (Å²) in [6, 6.07) is 27.5. The van der Waals surface area contributed by atoms with E-state index in [-0.39, 0.29) is 17.5 Å². The standard InChI is InChI=1S/C36H29ClN2O4/c1-2-20-43-26-10-7-9-24(21-26)32(40)30-31(33(41)23-14-16-25(37)17-15-23)39-19-18-22-8-3-4-11-27(22)34(39)36(30)28-12-5-6-13-29(28)38-35(36)42/h3-19,21,30-31,34H,2,20H2,1H3,(H,38,42)/t30-,31+,34-,36-/m1/s1. The maximum absolute atomic E-state index is 15.0. The van der Waals surface area contributed by atoms with Gasteiger partial charge < -0.3 is 15.0 Å². The summed E-state index contributed by atoms with van der Waals surface area (Å²) in [7, 11) is 0. The van der Waals surface area contributed by atoms with Gasteiger partial charge in [0, 0.05) is 28.0 Å². The van der Waals surface area contributed by atoms with E-state index in [0.717, 1.165) is 17.5 Å². The molecule has 214 valence electrons. The average molecular weight is 589 g/mol. The van der Waals surface area contributed by atoms with Crippen molar-refractivity contribution >= 4 is 40.8 Å². The molecule has 7 rings (SSSR count). The summed E-state index contributed by atoms with van der Waals surface area (Å²) < 4.78 is 5.87. The number of halogens is 1. The molecule has 7 heteroatoms. The molecule has 1 amide bonds. The minimum atomic E-state index is -1.39. The van der Waals surface area contributed by atoms with Crippen LogP contribution in [0.15, 0.2) is 103 Å². The summed E-state index contributed by atoms with van der Waals surface area (Å²) in [5.74, 6) is -1.32. The summed E-state index contributed by atoms with van der Waals surface area (Å²) in [6.07, 6.45) is 4.64. The van der Waals surface area contributed by atoms with Crippen LogP contribution < -0.4 is 10.1 Å². The number of hydrogen-bond donors (Lipinski definition) is 1. The van der Waals surface area contributed by atoms with Crippen LogP contribution in [0.25, 0.3) is 6.08 Å². The zero-order valence-electron chi connectivity index (χ0n) is 23.5. The number of para-hydroxylation sites is 1. The molecule has 1 spiro atoms. The van der Waals surface area contributed by atoms with Gasteiger partial charge in [-0.3, -0.25) is 14.4 Å². The van der Waals surface area contributed by atoms with Gasteiger partial charge in [-0.1, -0.05) is 73.1 Å². The van der Waals surface area contributed by atoms with Crippen LogP contribution in [0.2, 0.25) is 5.02 Å². The van der Waals surface area contributed by atoms with E-state index >= 15 is 0 Å². The molecule has 4 aromatic rings. The number of benzene rings is 4. The summed E-state index contributed by atoms with van der Waals surface area (Å²) in [5, 5.41) is 3.59. The van der Waals surface area contributed by atoms with Crippen LogP contribution in [0.4, 0.5) is 5.69 Å². The molecule has 1 fully saturated rings. The van der Waals surface area contributed by atoms with E-state index in [0.29, 0.717) is 39.8 Å². The number of Topliss-reactive ketones (excluding diaryl/α,β-unsaturated/α-hetero) is 2. The number of amides is 1. The summed E-state index contributed by atoms with van der Waals surface area (Å²) in [4.78, 5) is 46.1. The fraction of sp³-hybridized carbons (Fsp3) is 0.194. The topological polar surface area (TPSA) is 75.7 Å². The molecule has 3 aliphatic heterocycles. The first kappa shape index (κ1) is 27.2. The lowest BCUT2D eigenvalue weighted by atomic mass is 9.62. The lowest BCUT2D eigenvalue weighted by Crippen LogP contribution is -2.49. The number of nitrogens with one attached hydrogen (secondary N) is 1. The highest BCUT2D eigenvalue weighted by Crippen LogP contribution is 2.62. The lowest BCUT2D eigenvalue weighted by Gasteiger charge is -2.38. The van der Waals surface area contributed by atoms with Crippen LogP contribution in [0.1, 0.15) is 56.8 Å². The number of hydrogen-bond acceptors (Lipinski definition) is 5. The fourth-order valence-electron chi connectivity index (χ4n) is 7.09. The van der Waals surface area contributed by atoms with Gasteiger partial charge in [-0.05, 0) is 71.7 Å². The molecular weight excluding hydrogens is 560 g/mol. The molecule has 43 heavy (non-hydrogen) atoms. The number of nitrogens with zero attached hydrogens (tertiary/aromatic N) is 1. The SMILES string of the molecule is CCCOc1cccc(C(=O)[C@H]2[C@@H](C(=O)c3ccc(Cl)cc3)N3C=Cc4ccccc4[C@@H]3[C@]23C(=O)Nc2ccccc23)c1. The first-order chi connectivity index (χ1) is 20.9. The third-order valence-corrected chi connectivity index (χ3v) is 9.09. The van der Waals surface area contributed by atoms with E-state index in [2.05, 4.69) is 5.32 Å². The van der Waals surface area contributed by atoms with Gasteiger partial charge in [0.25, 0.3) is 0 Å². The predicted octanol–water partition coefficient (Wildman–Crippen LogP) is 7.11. The van der Waals surface area contributed by atoms with Crippen molar-refractivity contribution in [2.24, 2.45) is 5.92 Å². The Kier molecular flexibility index (Phi) is 6.66. The normalized spacial score (nSPS) is 23.0. The van der Waals surface area contributed by atoms with Crippen LogP contribution >= 0.6 is 11.6 Å². The molecule has 3 heterocycles. The Hall–Kier alpha value is -4.68. The first-order valence-corrected chi connectivity index (χ1v) is 14.8. The van der Waals surface area contributed by atoms with Crippen molar-refractivity contribution in [1.29, 1.82) is 0 Å². The van der Waals surface area contributed by atoms with Gasteiger partial charge in [0.1, 0.15) is 17.2 Å². The molecule has 0 aliphatic carbocycles. The second kappa shape index (κ2) is 10.5. The monoisotopic (exact) mass is 588 g/mol. The summed E-state index contributed by atoms with van der Waals surface area (Å²) in [6.45, 7) is 2.53. The number of ketones is 2. The van der Waals surface area contributed by atoms with Crippen molar-refractivity contribution in [3.63, 3.8) is 0 Å². The number of anilines is 1. The van der Waals surface area contributed by atoms with Gasteiger partial charge in [-0.25, -0.2) is 0 Å². The predicted molar refractivity (Wildman–Crippen MR) is 166 cm³/mol.